The zero-order valence-corrected chi connectivity index (χ0v) is 18.5. The molecule has 3 aromatic rings. The van der Waals surface area contributed by atoms with Crippen LogP contribution < -0.4 is 5.48 Å². The lowest BCUT2D eigenvalue weighted by Crippen LogP contribution is -2.42. The van der Waals surface area contributed by atoms with Crippen LogP contribution in [0.25, 0.3) is 16.5 Å². The van der Waals surface area contributed by atoms with Crippen LogP contribution in [0, 0.1) is 0 Å². The standard InChI is InChI=1S/C22H13Cl3F3NO3/c1-31-20(30)15-7-6-14(12-4-2-3-5-13(12)15)18-10-21(32-29-18,22(26,27)28)11-8-16(23)19(25)17(24)9-11/h2-10,29H,1H3. The largest absolute Gasteiger partial charge is 0.465 e. The average molecular weight is 503 g/mol. The number of ether oxygens (including phenoxy) is 1. The van der Waals surface area contributed by atoms with Gasteiger partial charge in [0.15, 0.2) is 0 Å². The van der Waals surface area contributed by atoms with Crippen LogP contribution in [0.15, 0.2) is 54.6 Å². The molecule has 1 unspecified atom stereocenters. The van der Waals surface area contributed by atoms with Crippen LogP contribution in [0.4, 0.5) is 13.2 Å². The maximum atomic E-state index is 14.3. The third-order valence-corrected chi connectivity index (χ3v) is 6.32. The molecule has 32 heavy (non-hydrogen) atoms. The molecular formula is C22H13Cl3F3NO3. The minimum absolute atomic E-state index is 0.0529. The van der Waals surface area contributed by atoms with Crippen molar-refractivity contribution in [3.8, 4) is 0 Å². The highest BCUT2D eigenvalue weighted by atomic mass is 35.5. The molecule has 1 aliphatic heterocycles. The number of nitrogens with one attached hydrogen (secondary N) is 1. The van der Waals surface area contributed by atoms with Gasteiger partial charge >= 0.3 is 12.1 Å². The van der Waals surface area contributed by atoms with Crippen LogP contribution in [-0.4, -0.2) is 19.3 Å². The second-order valence-corrected chi connectivity index (χ2v) is 8.14. The molecule has 0 radical (unpaired) electrons. The maximum Gasteiger partial charge on any atom is 0.428 e. The minimum atomic E-state index is -4.87. The molecule has 1 aliphatic rings. The molecule has 0 aliphatic carbocycles. The first kappa shape index (κ1) is 22.7. The summed E-state index contributed by atoms with van der Waals surface area (Å²) in [7, 11) is 1.25. The molecule has 1 N–H and O–H groups in total. The summed E-state index contributed by atoms with van der Waals surface area (Å²) in [5.41, 5.74) is -0.106. The van der Waals surface area contributed by atoms with E-state index in [1.807, 2.05) is 0 Å². The molecule has 0 bridgehead atoms. The molecule has 0 aromatic heterocycles. The van der Waals surface area contributed by atoms with Gasteiger partial charge in [0, 0.05) is 11.1 Å². The van der Waals surface area contributed by atoms with E-state index < -0.39 is 17.7 Å². The van der Waals surface area contributed by atoms with Gasteiger partial charge in [0.25, 0.3) is 0 Å². The van der Waals surface area contributed by atoms with E-state index in [0.29, 0.717) is 16.3 Å². The molecule has 0 fully saturated rings. The van der Waals surface area contributed by atoms with E-state index in [1.54, 1.807) is 24.3 Å². The van der Waals surface area contributed by atoms with E-state index in [4.69, 9.17) is 44.4 Å². The van der Waals surface area contributed by atoms with Crippen LogP contribution in [0.1, 0.15) is 21.5 Å². The van der Waals surface area contributed by atoms with Crippen LogP contribution in [-0.2, 0) is 15.2 Å². The number of carbonyl (C=O) groups excluding carboxylic acids is 1. The topological polar surface area (TPSA) is 47.6 Å². The predicted molar refractivity (Wildman–Crippen MR) is 117 cm³/mol. The zero-order chi connectivity index (χ0) is 23.3. The molecule has 0 spiro atoms. The van der Waals surface area contributed by atoms with Crippen molar-refractivity contribution in [3.63, 3.8) is 0 Å². The van der Waals surface area contributed by atoms with Crippen molar-refractivity contribution in [2.75, 3.05) is 7.11 Å². The van der Waals surface area contributed by atoms with Crippen molar-refractivity contribution in [2.24, 2.45) is 0 Å². The minimum Gasteiger partial charge on any atom is -0.465 e. The third-order valence-electron chi connectivity index (χ3n) is 5.12. The van der Waals surface area contributed by atoms with E-state index in [9.17, 15) is 18.0 Å². The summed E-state index contributed by atoms with van der Waals surface area (Å²) in [6.07, 6.45) is -3.97. The Bertz CT molecular complexity index is 1250. The molecule has 0 amide bonds. The van der Waals surface area contributed by atoms with Gasteiger partial charge in [-0.05, 0) is 35.0 Å². The predicted octanol–water partition coefficient (Wildman–Crippen LogP) is 6.92. The van der Waals surface area contributed by atoms with Crippen molar-refractivity contribution in [3.05, 3.63) is 86.4 Å². The number of hydroxylamine groups is 1. The summed E-state index contributed by atoms with van der Waals surface area (Å²) in [6.45, 7) is 0. The molecular weight excluding hydrogens is 490 g/mol. The van der Waals surface area contributed by atoms with E-state index >= 15 is 0 Å². The Kier molecular flexibility index (Phi) is 5.79. The number of fused-ring (bicyclic) bond motifs is 1. The Labute approximate surface area is 195 Å². The Hall–Kier alpha value is -2.45. The van der Waals surface area contributed by atoms with Crippen molar-refractivity contribution in [1.29, 1.82) is 0 Å². The quantitative estimate of drug-likeness (QED) is 0.312. The lowest BCUT2D eigenvalue weighted by molar-refractivity contribution is -0.269. The first-order chi connectivity index (χ1) is 15.1. The van der Waals surface area contributed by atoms with E-state index in [2.05, 4.69) is 5.48 Å². The summed E-state index contributed by atoms with van der Waals surface area (Å²) in [6, 6.07) is 11.9. The number of alkyl halides is 3. The highest BCUT2D eigenvalue weighted by Gasteiger charge is 2.60. The Balaban J connectivity index is 1.93. The van der Waals surface area contributed by atoms with E-state index in [1.165, 1.54) is 19.2 Å². The Morgan fingerprint density at radius 1 is 1.03 bits per heavy atom. The highest BCUT2D eigenvalue weighted by molar-refractivity contribution is 6.48. The summed E-state index contributed by atoms with van der Waals surface area (Å²) >= 11 is 17.9. The normalized spacial score (nSPS) is 18.4. The fourth-order valence-corrected chi connectivity index (χ4v) is 4.16. The molecule has 0 saturated heterocycles. The first-order valence-electron chi connectivity index (χ1n) is 9.08. The van der Waals surface area contributed by atoms with Gasteiger partial charge in [-0.3, -0.25) is 10.3 Å². The smallest absolute Gasteiger partial charge is 0.428 e. The van der Waals surface area contributed by atoms with Gasteiger partial charge in [0.05, 0.1) is 33.4 Å². The molecule has 3 aromatic carbocycles. The van der Waals surface area contributed by atoms with Gasteiger partial charge in [0.2, 0.25) is 5.60 Å². The lowest BCUT2D eigenvalue weighted by Gasteiger charge is -2.29. The van der Waals surface area contributed by atoms with Crippen LogP contribution >= 0.6 is 34.8 Å². The van der Waals surface area contributed by atoms with Gasteiger partial charge in [-0.2, -0.15) is 13.2 Å². The second kappa shape index (κ2) is 8.15. The number of carbonyl (C=O) groups is 1. The van der Waals surface area contributed by atoms with Gasteiger partial charge < -0.3 is 4.74 Å². The first-order valence-corrected chi connectivity index (χ1v) is 10.2. The molecule has 0 saturated carbocycles. The number of benzene rings is 3. The number of halogens is 6. The summed E-state index contributed by atoms with van der Waals surface area (Å²) < 4.78 is 47.7. The van der Waals surface area contributed by atoms with Gasteiger partial charge in [0.1, 0.15) is 0 Å². The molecule has 166 valence electrons. The van der Waals surface area contributed by atoms with Crippen molar-refractivity contribution < 1.29 is 27.5 Å². The SMILES string of the molecule is COC(=O)c1ccc(C2=CC(c3cc(Cl)c(Cl)c(Cl)c3)(C(F)(F)F)ON2)c2ccccc12. The molecule has 10 heteroatoms. The van der Waals surface area contributed by atoms with Gasteiger partial charge in [-0.1, -0.05) is 65.1 Å². The lowest BCUT2D eigenvalue weighted by atomic mass is 9.90. The summed E-state index contributed by atoms with van der Waals surface area (Å²) in [5.74, 6) is -0.563. The third kappa shape index (κ3) is 3.59. The average Bonchev–Trinajstić information content (AvgIpc) is 3.22. The van der Waals surface area contributed by atoms with E-state index in [0.717, 1.165) is 18.2 Å². The number of hydrogen-bond donors (Lipinski definition) is 1. The number of hydrogen-bond acceptors (Lipinski definition) is 4. The van der Waals surface area contributed by atoms with Gasteiger partial charge in [-0.15, -0.1) is 0 Å². The summed E-state index contributed by atoms with van der Waals surface area (Å²) in [4.78, 5) is 17.2. The molecule has 1 atom stereocenters. The monoisotopic (exact) mass is 501 g/mol. The summed E-state index contributed by atoms with van der Waals surface area (Å²) in [5, 5.41) is 0.700. The van der Waals surface area contributed by atoms with Crippen molar-refractivity contribution >= 4 is 57.2 Å². The Morgan fingerprint density at radius 2 is 1.66 bits per heavy atom. The highest BCUT2D eigenvalue weighted by Crippen LogP contribution is 2.49. The van der Waals surface area contributed by atoms with E-state index in [-0.39, 0.29) is 31.9 Å². The number of esters is 1. The van der Waals surface area contributed by atoms with Crippen LogP contribution in [0.2, 0.25) is 15.1 Å². The van der Waals surface area contributed by atoms with Crippen LogP contribution in [0.3, 0.4) is 0 Å². The van der Waals surface area contributed by atoms with Gasteiger partial charge in [-0.25, -0.2) is 4.79 Å². The number of rotatable bonds is 3. The van der Waals surface area contributed by atoms with Crippen molar-refractivity contribution in [1.82, 2.24) is 5.48 Å². The van der Waals surface area contributed by atoms with Crippen LogP contribution in [0.5, 0.6) is 0 Å². The fraction of sp³-hybridized carbons (Fsp3) is 0.136. The fourth-order valence-electron chi connectivity index (χ4n) is 3.57. The maximum absolute atomic E-state index is 14.3. The molecule has 4 nitrogen and oxygen atoms in total. The second-order valence-electron chi connectivity index (χ2n) is 6.95. The molecule has 4 rings (SSSR count). The zero-order valence-electron chi connectivity index (χ0n) is 16.2. The molecule has 1 heterocycles. The number of methoxy groups -OCH3 is 1. The Morgan fingerprint density at radius 3 is 2.25 bits per heavy atom. The van der Waals surface area contributed by atoms with Crippen molar-refractivity contribution in [2.45, 2.75) is 11.8 Å².